The summed E-state index contributed by atoms with van der Waals surface area (Å²) >= 11 is 0. The van der Waals surface area contributed by atoms with Gasteiger partial charge in [-0.1, -0.05) is 51.4 Å². The van der Waals surface area contributed by atoms with E-state index < -0.39 is 0 Å². The highest BCUT2D eigenvalue weighted by atomic mass is 16.2. The molecular formula is C33H56N8O. The molecule has 4 aliphatic rings. The summed E-state index contributed by atoms with van der Waals surface area (Å²) in [6, 6.07) is 5.29. The van der Waals surface area contributed by atoms with Crippen LogP contribution in [0.5, 0.6) is 0 Å². The smallest absolute Gasteiger partial charge is 0.239 e. The molecule has 0 bridgehead atoms. The van der Waals surface area contributed by atoms with Crippen molar-refractivity contribution in [1.29, 1.82) is 0 Å². The highest BCUT2D eigenvalue weighted by molar-refractivity contribution is 5.91. The van der Waals surface area contributed by atoms with Crippen LogP contribution < -0.4 is 10.6 Å². The molecule has 9 heteroatoms. The van der Waals surface area contributed by atoms with Crippen molar-refractivity contribution in [3.05, 3.63) is 24.0 Å². The van der Waals surface area contributed by atoms with E-state index in [1.165, 1.54) is 116 Å². The first-order chi connectivity index (χ1) is 20.6. The van der Waals surface area contributed by atoms with Crippen molar-refractivity contribution < 1.29 is 4.79 Å². The molecule has 0 radical (unpaired) electrons. The molecule has 2 aromatic rings. The van der Waals surface area contributed by atoms with Crippen LogP contribution in [0.2, 0.25) is 0 Å². The van der Waals surface area contributed by atoms with Crippen molar-refractivity contribution in [1.82, 2.24) is 29.4 Å². The number of aromatic nitrogens is 4. The largest absolute Gasteiger partial charge is 0.367 e. The third kappa shape index (κ3) is 9.56. The molecule has 2 aliphatic heterocycles. The normalized spacial score (nSPS) is 21.5. The minimum Gasteiger partial charge on any atom is -0.367 e. The van der Waals surface area contributed by atoms with Gasteiger partial charge in [0, 0.05) is 37.1 Å². The summed E-state index contributed by atoms with van der Waals surface area (Å²) in [4.78, 5) is 17.0. The first-order valence-corrected chi connectivity index (χ1v) is 17.2. The number of rotatable bonds is 9. The van der Waals surface area contributed by atoms with E-state index in [1.54, 1.807) is 0 Å². The third-order valence-corrected chi connectivity index (χ3v) is 9.67. The van der Waals surface area contributed by atoms with Gasteiger partial charge in [0.1, 0.15) is 5.82 Å². The van der Waals surface area contributed by atoms with Gasteiger partial charge in [0.2, 0.25) is 5.91 Å². The summed E-state index contributed by atoms with van der Waals surface area (Å²) in [5.74, 6) is 1.83. The Balaban J connectivity index is 0.000000169. The maximum Gasteiger partial charge on any atom is 0.239 e. The Morgan fingerprint density at radius 1 is 0.762 bits per heavy atom. The van der Waals surface area contributed by atoms with Crippen LogP contribution in [-0.2, 0) is 4.79 Å². The van der Waals surface area contributed by atoms with Gasteiger partial charge in [0.25, 0.3) is 0 Å². The average Bonchev–Trinajstić information content (AvgIpc) is 3.66. The summed E-state index contributed by atoms with van der Waals surface area (Å²) in [7, 11) is 0. The Kier molecular flexibility index (Phi) is 12.2. The van der Waals surface area contributed by atoms with E-state index in [1.807, 2.05) is 6.07 Å². The molecule has 4 heterocycles. The Bertz CT molecular complexity index is 1060. The average molecular weight is 581 g/mol. The highest BCUT2D eigenvalue weighted by Crippen LogP contribution is 2.30. The minimum atomic E-state index is 0.0650. The number of hydrogen-bond acceptors (Lipinski definition) is 6. The Morgan fingerprint density at radius 2 is 1.36 bits per heavy atom. The zero-order valence-electron chi connectivity index (χ0n) is 26.2. The molecule has 0 atom stereocenters. The molecule has 234 valence electrons. The highest BCUT2D eigenvalue weighted by Gasteiger charge is 2.20. The molecule has 1 amide bonds. The molecule has 2 aliphatic carbocycles. The molecular weight excluding hydrogens is 524 g/mol. The summed E-state index contributed by atoms with van der Waals surface area (Å²) < 4.78 is 4.30. The lowest BCUT2D eigenvalue weighted by Gasteiger charge is -2.26. The van der Waals surface area contributed by atoms with Gasteiger partial charge >= 0.3 is 0 Å². The van der Waals surface area contributed by atoms with Crippen LogP contribution in [0.3, 0.4) is 0 Å². The zero-order chi connectivity index (χ0) is 29.0. The maximum atomic E-state index is 12.2. The monoisotopic (exact) mass is 580 g/mol. The van der Waals surface area contributed by atoms with Crippen LogP contribution in [0.1, 0.15) is 121 Å². The SMILES string of the molecule is Cc1cc(NC(=O)CN2CCCCC2)nn1C1CCCCC1.c1cn(C2CCCCC2)nc1NCCN1CCCCC1. The van der Waals surface area contributed by atoms with Gasteiger partial charge in [-0.25, -0.2) is 0 Å². The Morgan fingerprint density at radius 3 is 2.02 bits per heavy atom. The van der Waals surface area contributed by atoms with Crippen molar-refractivity contribution in [3.63, 3.8) is 0 Å². The van der Waals surface area contributed by atoms with Crippen LogP contribution >= 0.6 is 0 Å². The number of nitrogens with one attached hydrogen (secondary N) is 2. The number of likely N-dealkylation sites (tertiary alicyclic amines) is 2. The van der Waals surface area contributed by atoms with E-state index in [9.17, 15) is 4.79 Å². The zero-order valence-corrected chi connectivity index (χ0v) is 26.2. The van der Waals surface area contributed by atoms with Crippen molar-refractivity contribution in [2.24, 2.45) is 0 Å². The summed E-state index contributed by atoms with van der Waals surface area (Å²) in [6.07, 6.45) is 23.1. The van der Waals surface area contributed by atoms with Crippen molar-refractivity contribution in [2.45, 2.75) is 122 Å². The van der Waals surface area contributed by atoms with Gasteiger partial charge in [0.15, 0.2) is 5.82 Å². The number of aryl methyl sites for hydroxylation is 1. The Hall–Kier alpha value is -2.39. The lowest BCUT2D eigenvalue weighted by Crippen LogP contribution is -2.36. The predicted octanol–water partition coefficient (Wildman–Crippen LogP) is 6.41. The third-order valence-electron chi connectivity index (χ3n) is 9.67. The van der Waals surface area contributed by atoms with Gasteiger partial charge in [-0.2, -0.15) is 10.2 Å². The summed E-state index contributed by atoms with van der Waals surface area (Å²) in [5.41, 5.74) is 1.15. The molecule has 6 rings (SSSR count). The molecule has 4 fully saturated rings. The van der Waals surface area contributed by atoms with E-state index in [4.69, 9.17) is 5.10 Å². The van der Waals surface area contributed by atoms with Gasteiger partial charge in [-0.05, 0) is 84.5 Å². The lowest BCUT2D eigenvalue weighted by atomic mass is 9.95. The van der Waals surface area contributed by atoms with Crippen molar-refractivity contribution >= 4 is 17.5 Å². The van der Waals surface area contributed by atoms with E-state index in [0.29, 0.717) is 24.4 Å². The first-order valence-electron chi connectivity index (χ1n) is 17.2. The number of piperidine rings is 2. The van der Waals surface area contributed by atoms with E-state index in [-0.39, 0.29) is 5.91 Å². The molecule has 2 saturated carbocycles. The van der Waals surface area contributed by atoms with E-state index >= 15 is 0 Å². The Labute approximate surface area is 253 Å². The van der Waals surface area contributed by atoms with Crippen LogP contribution in [0.4, 0.5) is 11.6 Å². The van der Waals surface area contributed by atoms with E-state index in [2.05, 4.69) is 54.1 Å². The quantitative estimate of drug-likeness (QED) is 0.357. The van der Waals surface area contributed by atoms with Gasteiger partial charge in [-0.3, -0.25) is 19.1 Å². The topological polar surface area (TPSA) is 83.2 Å². The molecule has 0 spiro atoms. The lowest BCUT2D eigenvalue weighted by molar-refractivity contribution is -0.117. The second-order valence-electron chi connectivity index (χ2n) is 13.1. The fourth-order valence-electron chi connectivity index (χ4n) is 7.25. The molecule has 2 N–H and O–H groups in total. The van der Waals surface area contributed by atoms with Crippen LogP contribution in [0.25, 0.3) is 0 Å². The fourth-order valence-corrected chi connectivity index (χ4v) is 7.25. The van der Waals surface area contributed by atoms with Crippen molar-refractivity contribution in [2.75, 3.05) is 56.4 Å². The molecule has 0 aromatic carbocycles. The number of hydrogen-bond donors (Lipinski definition) is 2. The predicted molar refractivity (Wildman–Crippen MR) is 171 cm³/mol. The fraction of sp³-hybridized carbons (Fsp3) is 0.788. The van der Waals surface area contributed by atoms with Gasteiger partial charge in [0.05, 0.1) is 18.6 Å². The number of carbonyl (C=O) groups excluding carboxylic acids is 1. The second kappa shape index (κ2) is 16.5. The first kappa shape index (κ1) is 31.0. The standard InChI is InChI=1S/C17H28N4O.C16H28N4/c1-14-12-16(19-21(14)15-8-4-2-5-9-15)18-17(22)13-20-10-6-3-7-11-20;1-3-7-15(8-4-1)20-13-9-16(18-20)17-10-14-19-11-5-2-6-12-19/h12,15H,2-11,13H2,1H3,(H,18,19,22);9,13,15H,1-8,10-12,14H2,(H,17,18). The number of nitrogens with zero attached hydrogens (tertiary/aromatic N) is 6. The molecule has 2 aromatic heterocycles. The maximum absolute atomic E-state index is 12.2. The number of amides is 1. The van der Waals surface area contributed by atoms with Crippen LogP contribution in [0, 0.1) is 6.92 Å². The molecule has 9 nitrogen and oxygen atoms in total. The van der Waals surface area contributed by atoms with Gasteiger partial charge < -0.3 is 15.5 Å². The van der Waals surface area contributed by atoms with Crippen molar-refractivity contribution in [3.8, 4) is 0 Å². The number of anilines is 2. The number of carbonyl (C=O) groups is 1. The second-order valence-corrected chi connectivity index (χ2v) is 13.1. The van der Waals surface area contributed by atoms with Gasteiger partial charge in [-0.15, -0.1) is 0 Å². The van der Waals surface area contributed by atoms with E-state index in [0.717, 1.165) is 37.7 Å². The molecule has 0 unspecified atom stereocenters. The van der Waals surface area contributed by atoms with Crippen LogP contribution in [-0.4, -0.2) is 81.1 Å². The summed E-state index contributed by atoms with van der Waals surface area (Å²) in [5, 5.41) is 15.8. The van der Waals surface area contributed by atoms with Crippen LogP contribution in [0.15, 0.2) is 18.3 Å². The summed E-state index contributed by atoms with van der Waals surface area (Å²) in [6.45, 7) is 9.39. The molecule has 2 saturated heterocycles. The molecule has 42 heavy (non-hydrogen) atoms. The minimum absolute atomic E-state index is 0.0650.